The highest BCUT2D eigenvalue weighted by atomic mass is 16.1. The summed E-state index contributed by atoms with van der Waals surface area (Å²) in [6.07, 6.45) is 4.41. The van der Waals surface area contributed by atoms with Crippen LogP contribution in [0.1, 0.15) is 43.0 Å². The van der Waals surface area contributed by atoms with Crippen molar-refractivity contribution in [2.75, 3.05) is 0 Å². The zero-order chi connectivity index (χ0) is 17.1. The van der Waals surface area contributed by atoms with Crippen LogP contribution >= 0.6 is 0 Å². The molecule has 24 heavy (non-hydrogen) atoms. The molecule has 3 rings (SSSR count). The number of carbonyl (C=O) groups is 1. The summed E-state index contributed by atoms with van der Waals surface area (Å²) in [6, 6.07) is 12.9. The predicted octanol–water partition coefficient (Wildman–Crippen LogP) is 3.83. The first-order chi connectivity index (χ1) is 11.6. The molecule has 0 radical (unpaired) electrons. The minimum absolute atomic E-state index is 0.0291. The van der Waals surface area contributed by atoms with Crippen LogP contribution in [0.25, 0.3) is 21.7 Å². The number of amides is 1. The number of rotatable bonds is 6. The Kier molecular flexibility index (Phi) is 4.65. The van der Waals surface area contributed by atoms with Crippen LogP contribution in [0.3, 0.4) is 0 Å². The van der Waals surface area contributed by atoms with Crippen LogP contribution in [0, 0.1) is 0 Å². The highest BCUT2D eigenvalue weighted by Gasteiger charge is 2.12. The zero-order valence-corrected chi connectivity index (χ0v) is 13.9. The summed E-state index contributed by atoms with van der Waals surface area (Å²) in [7, 11) is 0. The summed E-state index contributed by atoms with van der Waals surface area (Å²) in [5.74, 6) is -0.457. The van der Waals surface area contributed by atoms with Crippen molar-refractivity contribution < 1.29 is 4.79 Å². The van der Waals surface area contributed by atoms with E-state index in [1.54, 1.807) is 12.1 Å². The van der Waals surface area contributed by atoms with Gasteiger partial charge in [0.2, 0.25) is 5.91 Å². The monoisotopic (exact) mass is 322 g/mol. The Morgan fingerprint density at radius 1 is 1.00 bits per heavy atom. The van der Waals surface area contributed by atoms with Gasteiger partial charge in [0.1, 0.15) is 0 Å². The second-order valence-corrected chi connectivity index (χ2v) is 6.16. The van der Waals surface area contributed by atoms with Gasteiger partial charge in [0.15, 0.2) is 0 Å². The molecule has 0 spiro atoms. The van der Waals surface area contributed by atoms with Crippen LogP contribution in [-0.4, -0.2) is 10.5 Å². The van der Waals surface area contributed by atoms with Gasteiger partial charge in [-0.25, -0.2) is 0 Å². The van der Waals surface area contributed by atoms with Gasteiger partial charge in [-0.1, -0.05) is 44.4 Å². The van der Waals surface area contributed by atoms with E-state index in [0.29, 0.717) is 17.5 Å². The SMILES string of the molecule is CCCCCCn1c(=O)c2ccccc2c2cc(C(N)=O)ccc21. The van der Waals surface area contributed by atoms with Crippen molar-refractivity contribution in [3.8, 4) is 0 Å². The van der Waals surface area contributed by atoms with E-state index in [9.17, 15) is 9.59 Å². The maximum atomic E-state index is 12.9. The zero-order valence-electron chi connectivity index (χ0n) is 13.9. The highest BCUT2D eigenvalue weighted by molar-refractivity contribution is 6.08. The lowest BCUT2D eigenvalue weighted by atomic mass is 10.0. The Morgan fingerprint density at radius 2 is 1.75 bits per heavy atom. The number of benzene rings is 2. The second kappa shape index (κ2) is 6.87. The van der Waals surface area contributed by atoms with E-state index in [1.807, 2.05) is 34.9 Å². The average molecular weight is 322 g/mol. The second-order valence-electron chi connectivity index (χ2n) is 6.16. The molecule has 0 saturated carbocycles. The number of unbranched alkanes of at least 4 members (excludes halogenated alkanes) is 3. The molecule has 0 aliphatic rings. The molecule has 0 fully saturated rings. The molecule has 3 aromatic rings. The molecule has 124 valence electrons. The van der Waals surface area contributed by atoms with Gasteiger partial charge in [-0.3, -0.25) is 9.59 Å². The number of fused-ring (bicyclic) bond motifs is 3. The van der Waals surface area contributed by atoms with Crippen molar-refractivity contribution in [1.82, 2.24) is 4.57 Å². The number of nitrogens with two attached hydrogens (primary N) is 1. The van der Waals surface area contributed by atoms with Crippen molar-refractivity contribution in [1.29, 1.82) is 0 Å². The van der Waals surface area contributed by atoms with Crippen molar-refractivity contribution in [2.45, 2.75) is 39.2 Å². The summed E-state index contributed by atoms with van der Waals surface area (Å²) in [5, 5.41) is 2.45. The lowest BCUT2D eigenvalue weighted by molar-refractivity contribution is 0.100. The highest BCUT2D eigenvalue weighted by Crippen LogP contribution is 2.24. The fourth-order valence-electron chi connectivity index (χ4n) is 3.22. The average Bonchev–Trinajstić information content (AvgIpc) is 2.60. The van der Waals surface area contributed by atoms with Crippen LogP contribution in [0.4, 0.5) is 0 Å². The third kappa shape index (κ3) is 2.92. The van der Waals surface area contributed by atoms with Crippen LogP contribution < -0.4 is 11.3 Å². The molecule has 0 bridgehead atoms. The summed E-state index contributed by atoms with van der Waals surface area (Å²) >= 11 is 0. The van der Waals surface area contributed by atoms with Gasteiger partial charge in [-0.15, -0.1) is 0 Å². The number of aromatic nitrogens is 1. The Bertz CT molecular complexity index is 957. The van der Waals surface area contributed by atoms with Crippen molar-refractivity contribution in [2.24, 2.45) is 5.73 Å². The lowest BCUT2D eigenvalue weighted by Crippen LogP contribution is -2.21. The van der Waals surface area contributed by atoms with E-state index in [-0.39, 0.29) is 5.56 Å². The van der Waals surface area contributed by atoms with Gasteiger partial charge >= 0.3 is 0 Å². The van der Waals surface area contributed by atoms with E-state index < -0.39 is 5.91 Å². The summed E-state index contributed by atoms with van der Waals surface area (Å²) in [6.45, 7) is 2.86. The molecule has 0 atom stereocenters. The van der Waals surface area contributed by atoms with Gasteiger partial charge in [0, 0.05) is 22.9 Å². The number of pyridine rings is 1. The molecule has 0 aliphatic carbocycles. The molecule has 4 heteroatoms. The Hall–Kier alpha value is -2.62. The van der Waals surface area contributed by atoms with E-state index in [0.717, 1.165) is 35.6 Å². The van der Waals surface area contributed by atoms with Crippen LogP contribution in [-0.2, 0) is 6.54 Å². The summed E-state index contributed by atoms with van der Waals surface area (Å²) < 4.78 is 1.83. The first-order valence-corrected chi connectivity index (χ1v) is 8.48. The van der Waals surface area contributed by atoms with E-state index in [4.69, 9.17) is 5.73 Å². The van der Waals surface area contributed by atoms with E-state index in [2.05, 4.69) is 6.92 Å². The Morgan fingerprint density at radius 3 is 2.46 bits per heavy atom. The van der Waals surface area contributed by atoms with Crippen LogP contribution in [0.2, 0.25) is 0 Å². The summed E-state index contributed by atoms with van der Waals surface area (Å²) in [5.41, 5.74) is 6.78. The van der Waals surface area contributed by atoms with E-state index >= 15 is 0 Å². The van der Waals surface area contributed by atoms with Crippen molar-refractivity contribution >= 4 is 27.6 Å². The molecule has 0 unspecified atom stereocenters. The first-order valence-electron chi connectivity index (χ1n) is 8.48. The maximum absolute atomic E-state index is 12.9. The third-order valence-corrected chi connectivity index (χ3v) is 4.50. The number of carbonyl (C=O) groups excluding carboxylic acids is 1. The number of aryl methyl sites for hydroxylation is 1. The number of nitrogens with zero attached hydrogens (tertiary/aromatic N) is 1. The van der Waals surface area contributed by atoms with Gasteiger partial charge in [-0.2, -0.15) is 0 Å². The Balaban J connectivity index is 2.23. The molecule has 2 aromatic carbocycles. The maximum Gasteiger partial charge on any atom is 0.258 e. The van der Waals surface area contributed by atoms with Crippen molar-refractivity contribution in [3.05, 3.63) is 58.4 Å². The quantitative estimate of drug-likeness (QED) is 0.553. The molecule has 1 heterocycles. The smallest absolute Gasteiger partial charge is 0.258 e. The molecular formula is C20H22N2O2. The molecule has 1 aromatic heterocycles. The predicted molar refractivity (Wildman–Crippen MR) is 98.4 cm³/mol. The third-order valence-electron chi connectivity index (χ3n) is 4.50. The summed E-state index contributed by atoms with van der Waals surface area (Å²) in [4.78, 5) is 24.4. The van der Waals surface area contributed by atoms with Gasteiger partial charge in [-0.05, 0) is 36.1 Å². The van der Waals surface area contributed by atoms with Gasteiger partial charge in [0.05, 0.1) is 5.52 Å². The minimum atomic E-state index is -0.457. The van der Waals surface area contributed by atoms with Gasteiger partial charge in [0.25, 0.3) is 5.56 Å². The Labute approximate surface area is 140 Å². The molecular weight excluding hydrogens is 300 g/mol. The molecule has 1 amide bonds. The molecule has 2 N–H and O–H groups in total. The lowest BCUT2D eigenvalue weighted by Gasteiger charge is -2.14. The van der Waals surface area contributed by atoms with Crippen molar-refractivity contribution in [3.63, 3.8) is 0 Å². The number of primary amides is 1. The number of hydrogen-bond acceptors (Lipinski definition) is 2. The molecule has 0 saturated heterocycles. The molecule has 4 nitrogen and oxygen atoms in total. The fraction of sp³-hybridized carbons (Fsp3) is 0.300. The van der Waals surface area contributed by atoms with Gasteiger partial charge < -0.3 is 10.3 Å². The first kappa shape index (κ1) is 16.2. The minimum Gasteiger partial charge on any atom is -0.366 e. The topological polar surface area (TPSA) is 65.1 Å². The largest absolute Gasteiger partial charge is 0.366 e. The van der Waals surface area contributed by atoms with Crippen LogP contribution in [0.5, 0.6) is 0 Å². The molecule has 0 aliphatic heterocycles. The van der Waals surface area contributed by atoms with E-state index in [1.165, 1.54) is 6.42 Å². The van der Waals surface area contributed by atoms with Crippen LogP contribution in [0.15, 0.2) is 47.3 Å². The number of hydrogen-bond donors (Lipinski definition) is 1. The standard InChI is InChI=1S/C20H22N2O2/c1-2-3-4-7-12-22-18-11-10-14(19(21)23)13-17(18)15-8-5-6-9-16(15)20(22)24/h5-6,8-11,13H,2-4,7,12H2,1H3,(H2,21,23). The normalized spacial score (nSPS) is 11.2. The fourth-order valence-corrected chi connectivity index (χ4v) is 3.22.